The molecule has 2 N–H and O–H groups in total. The van der Waals surface area contributed by atoms with E-state index >= 15 is 0 Å². The van der Waals surface area contributed by atoms with Crippen molar-refractivity contribution in [3.8, 4) is 11.5 Å². The fraction of sp³-hybridized carbons (Fsp3) is 0.647. The molecule has 2 aliphatic carbocycles. The van der Waals surface area contributed by atoms with E-state index in [1.54, 1.807) is 6.07 Å². The molecule has 0 amide bonds. The van der Waals surface area contributed by atoms with E-state index in [0.29, 0.717) is 17.7 Å². The zero-order valence-electron chi connectivity index (χ0n) is 12.2. The second-order valence-corrected chi connectivity index (χ2v) is 7.28. The summed E-state index contributed by atoms with van der Waals surface area (Å²) in [5.41, 5.74) is 2.46. The van der Waals surface area contributed by atoms with E-state index in [-0.39, 0.29) is 17.3 Å². The van der Waals surface area contributed by atoms with Crippen LogP contribution < -0.4 is 4.74 Å². The standard InChI is InChI=1S/C17H21NO3/c1-18-7-6-17-10-3-5-13(20)16(17)21-15-12(19)4-2-9(14(15)17)8-11(10)18/h2,4,10-11,13,16,19-20H,3,5-8H2,1H3/t10?,11?,13-,16-,17-/m0/s1. The maximum Gasteiger partial charge on any atom is 0.165 e. The van der Waals surface area contributed by atoms with Gasteiger partial charge in [0.1, 0.15) is 6.10 Å². The molecule has 112 valence electrons. The number of benzene rings is 1. The van der Waals surface area contributed by atoms with Gasteiger partial charge in [0, 0.05) is 17.0 Å². The van der Waals surface area contributed by atoms with Crippen LogP contribution in [0.5, 0.6) is 11.5 Å². The molecule has 2 aliphatic heterocycles. The Balaban J connectivity index is 1.81. The summed E-state index contributed by atoms with van der Waals surface area (Å²) in [6.07, 6.45) is 3.35. The number of aromatic hydroxyl groups is 1. The lowest BCUT2D eigenvalue weighted by molar-refractivity contribution is -0.0993. The number of aliphatic hydroxyl groups is 1. The number of phenolic OH excluding ortho intramolecular Hbond substituents is 1. The molecule has 0 aromatic heterocycles. The normalized spacial score (nSPS) is 43.3. The van der Waals surface area contributed by atoms with Gasteiger partial charge in [-0.2, -0.15) is 0 Å². The summed E-state index contributed by atoms with van der Waals surface area (Å²) < 4.78 is 6.14. The van der Waals surface area contributed by atoms with Crippen molar-refractivity contribution in [2.45, 2.75) is 49.3 Å². The van der Waals surface area contributed by atoms with Crippen molar-refractivity contribution < 1.29 is 14.9 Å². The van der Waals surface area contributed by atoms with Gasteiger partial charge in [0.05, 0.1) is 6.10 Å². The van der Waals surface area contributed by atoms with Gasteiger partial charge >= 0.3 is 0 Å². The topological polar surface area (TPSA) is 52.9 Å². The summed E-state index contributed by atoms with van der Waals surface area (Å²) in [7, 11) is 2.22. The second kappa shape index (κ2) is 3.73. The predicted octanol–water partition coefficient (Wildman–Crippen LogP) is 1.42. The van der Waals surface area contributed by atoms with Crippen LogP contribution in [0.2, 0.25) is 0 Å². The highest BCUT2D eigenvalue weighted by Crippen LogP contribution is 2.63. The van der Waals surface area contributed by atoms with E-state index in [1.807, 2.05) is 0 Å². The summed E-state index contributed by atoms with van der Waals surface area (Å²) >= 11 is 0. The van der Waals surface area contributed by atoms with Crippen LogP contribution in [0.15, 0.2) is 12.1 Å². The Morgan fingerprint density at radius 3 is 3.05 bits per heavy atom. The fourth-order valence-corrected chi connectivity index (χ4v) is 5.71. The third-order valence-corrected chi connectivity index (χ3v) is 6.56. The molecule has 4 aliphatic rings. The van der Waals surface area contributed by atoms with Crippen molar-refractivity contribution in [2.75, 3.05) is 13.6 Å². The van der Waals surface area contributed by atoms with Gasteiger partial charge in [0.15, 0.2) is 11.5 Å². The van der Waals surface area contributed by atoms with E-state index in [1.165, 1.54) is 11.1 Å². The Bertz CT molecular complexity index is 631. The molecule has 2 heterocycles. The molecule has 2 fully saturated rings. The number of likely N-dealkylation sites (N-methyl/N-ethyl adjacent to an activating group) is 1. The van der Waals surface area contributed by atoms with E-state index < -0.39 is 6.10 Å². The van der Waals surface area contributed by atoms with Crippen molar-refractivity contribution in [2.24, 2.45) is 5.92 Å². The van der Waals surface area contributed by atoms with Gasteiger partial charge in [-0.15, -0.1) is 0 Å². The molecule has 1 spiro atoms. The lowest BCUT2D eigenvalue weighted by Gasteiger charge is -2.58. The fourth-order valence-electron chi connectivity index (χ4n) is 5.71. The van der Waals surface area contributed by atoms with E-state index in [4.69, 9.17) is 4.74 Å². The van der Waals surface area contributed by atoms with Crippen LogP contribution in [0.1, 0.15) is 30.4 Å². The summed E-state index contributed by atoms with van der Waals surface area (Å²) in [6, 6.07) is 4.36. The Morgan fingerprint density at radius 1 is 1.33 bits per heavy atom. The smallest absolute Gasteiger partial charge is 0.165 e. The van der Waals surface area contributed by atoms with Crippen LogP contribution >= 0.6 is 0 Å². The maximum absolute atomic E-state index is 10.5. The number of likely N-dealkylation sites (tertiary alicyclic amines) is 1. The molecule has 5 rings (SSSR count). The van der Waals surface area contributed by atoms with Gasteiger partial charge in [-0.3, -0.25) is 0 Å². The summed E-state index contributed by atoms with van der Waals surface area (Å²) in [5.74, 6) is 1.44. The Morgan fingerprint density at radius 2 is 2.19 bits per heavy atom. The van der Waals surface area contributed by atoms with Crippen LogP contribution in [0.3, 0.4) is 0 Å². The molecular weight excluding hydrogens is 266 g/mol. The first-order chi connectivity index (χ1) is 10.1. The number of rotatable bonds is 0. The average Bonchev–Trinajstić information content (AvgIpc) is 2.83. The minimum atomic E-state index is -0.414. The first kappa shape index (κ1) is 12.3. The van der Waals surface area contributed by atoms with Gasteiger partial charge in [-0.1, -0.05) is 6.07 Å². The highest BCUT2D eigenvalue weighted by atomic mass is 16.5. The molecule has 4 nitrogen and oxygen atoms in total. The molecule has 1 aromatic rings. The maximum atomic E-state index is 10.5. The number of aliphatic hydroxyl groups excluding tert-OH is 1. The zero-order chi connectivity index (χ0) is 14.4. The lowest BCUT2D eigenvalue weighted by Crippen LogP contribution is -2.66. The quantitative estimate of drug-likeness (QED) is 0.758. The minimum absolute atomic E-state index is 0.0729. The average molecular weight is 287 g/mol. The van der Waals surface area contributed by atoms with Crippen molar-refractivity contribution >= 4 is 0 Å². The van der Waals surface area contributed by atoms with E-state index in [0.717, 1.165) is 32.2 Å². The number of hydrogen-bond acceptors (Lipinski definition) is 4. The molecule has 1 aromatic carbocycles. The molecule has 2 bridgehead atoms. The van der Waals surface area contributed by atoms with Crippen LogP contribution in [0.4, 0.5) is 0 Å². The third-order valence-electron chi connectivity index (χ3n) is 6.56. The van der Waals surface area contributed by atoms with Gasteiger partial charge < -0.3 is 19.8 Å². The third kappa shape index (κ3) is 1.25. The number of ether oxygens (including phenoxy) is 1. The molecule has 0 radical (unpaired) electrons. The Kier molecular flexibility index (Phi) is 2.19. The molecular formula is C17H21NO3. The monoisotopic (exact) mass is 287 g/mol. The first-order valence-corrected chi connectivity index (χ1v) is 8.03. The van der Waals surface area contributed by atoms with Crippen molar-refractivity contribution in [1.29, 1.82) is 0 Å². The van der Waals surface area contributed by atoms with Crippen LogP contribution in [0.25, 0.3) is 0 Å². The van der Waals surface area contributed by atoms with Gasteiger partial charge in [-0.25, -0.2) is 0 Å². The van der Waals surface area contributed by atoms with E-state index in [9.17, 15) is 10.2 Å². The van der Waals surface area contributed by atoms with E-state index in [2.05, 4.69) is 18.0 Å². The highest BCUT2D eigenvalue weighted by molar-refractivity contribution is 5.60. The SMILES string of the molecule is CN1CC[C@]23c4c5ccc(O)c4O[C@H]2[C@@H](O)CCC3C1C5. The minimum Gasteiger partial charge on any atom is -0.504 e. The highest BCUT2D eigenvalue weighted by Gasteiger charge is 2.65. The first-order valence-electron chi connectivity index (χ1n) is 8.03. The molecule has 1 saturated heterocycles. The molecule has 21 heavy (non-hydrogen) atoms. The summed E-state index contributed by atoms with van der Waals surface area (Å²) in [5, 5.41) is 20.8. The lowest BCUT2D eigenvalue weighted by atomic mass is 9.51. The van der Waals surface area contributed by atoms with Crippen LogP contribution in [-0.2, 0) is 11.8 Å². The molecule has 1 saturated carbocycles. The van der Waals surface area contributed by atoms with Crippen molar-refractivity contribution in [3.05, 3.63) is 23.3 Å². The molecule has 2 unspecified atom stereocenters. The van der Waals surface area contributed by atoms with Gasteiger partial charge in [-0.05, 0) is 56.8 Å². The van der Waals surface area contributed by atoms with Gasteiger partial charge in [0.25, 0.3) is 0 Å². The second-order valence-electron chi connectivity index (χ2n) is 7.28. The zero-order valence-corrected chi connectivity index (χ0v) is 12.2. The molecule has 5 atom stereocenters. The number of hydrogen-bond donors (Lipinski definition) is 2. The van der Waals surface area contributed by atoms with Crippen LogP contribution in [0, 0.1) is 5.92 Å². The van der Waals surface area contributed by atoms with Gasteiger partial charge in [0.2, 0.25) is 0 Å². The van der Waals surface area contributed by atoms with Crippen molar-refractivity contribution in [1.82, 2.24) is 4.90 Å². The largest absolute Gasteiger partial charge is 0.504 e. The van der Waals surface area contributed by atoms with Crippen molar-refractivity contribution in [3.63, 3.8) is 0 Å². The number of piperidine rings is 1. The van der Waals surface area contributed by atoms with Crippen LogP contribution in [-0.4, -0.2) is 47.0 Å². The Hall–Kier alpha value is -1.26. The summed E-state index contributed by atoms with van der Waals surface area (Å²) in [6.45, 7) is 1.04. The predicted molar refractivity (Wildman–Crippen MR) is 77.7 cm³/mol. The number of phenols is 1. The Labute approximate surface area is 124 Å². The number of nitrogens with zero attached hydrogens (tertiary/aromatic N) is 1. The summed E-state index contributed by atoms with van der Waals surface area (Å²) in [4.78, 5) is 2.48. The molecule has 4 heteroatoms.